The lowest BCUT2D eigenvalue weighted by molar-refractivity contribution is -0.00000935. The van der Waals surface area contributed by atoms with Gasteiger partial charge >= 0.3 is 0 Å². The number of rotatable bonds is 7. The number of nitrogens with zero attached hydrogens (tertiary/aromatic N) is 1. The number of nitrogens with one attached hydrogen (secondary N) is 1. The number of aliphatic hydroxyl groups excluding tert-OH is 1. The average molecular weight is 510 g/mol. The minimum Gasteiger partial charge on any atom is -1.00 e. The highest BCUT2D eigenvalue weighted by molar-refractivity contribution is 6.06. The van der Waals surface area contributed by atoms with Crippen molar-refractivity contribution in [3.05, 3.63) is 113 Å². The Labute approximate surface area is 226 Å². The van der Waals surface area contributed by atoms with Gasteiger partial charge in [-0.15, -0.1) is 0 Å². The van der Waals surface area contributed by atoms with E-state index in [1.54, 1.807) is 0 Å². The van der Waals surface area contributed by atoms with Crippen LogP contribution in [0, 0.1) is 27.7 Å². The lowest BCUT2D eigenvalue weighted by Gasteiger charge is -2.19. The van der Waals surface area contributed by atoms with Gasteiger partial charge in [0.1, 0.15) is 0 Å². The standard InChI is InChI=1S/C33H34N2O.ClH/c1-22-18-24(3)32-29(19-22)31(26-13-7-5-8-14-26)33(27-15-9-6-10-16-27)35(32)21-28(36)20-34-30-17-11-12-23(2)25(30)4;/h5-19,28,34,36H,20-21H2,1-4H3;1H/p-1/t28-;/m0./s1. The van der Waals surface area contributed by atoms with Gasteiger partial charge in [0.2, 0.25) is 0 Å². The largest absolute Gasteiger partial charge is 1.00 e. The van der Waals surface area contributed by atoms with Gasteiger partial charge in [0.15, 0.2) is 0 Å². The number of aliphatic hydroxyl groups is 1. The number of benzene rings is 4. The number of fused-ring (bicyclic) bond motifs is 1. The van der Waals surface area contributed by atoms with Gasteiger partial charge in [-0.05, 0) is 67.6 Å². The SMILES string of the molecule is Cc1cc(C)c2c(c1)c(-c1ccccc1)c(-c1ccccc1)n2C[C@@H](O)CNc1cccc(C)c1C.[Cl-]. The zero-order valence-electron chi connectivity index (χ0n) is 21.9. The number of hydrogen-bond donors (Lipinski definition) is 2. The summed E-state index contributed by atoms with van der Waals surface area (Å²) < 4.78 is 2.33. The van der Waals surface area contributed by atoms with Gasteiger partial charge in [0.05, 0.1) is 23.9 Å². The molecular formula is C33H34ClN2O-. The summed E-state index contributed by atoms with van der Waals surface area (Å²) in [5.74, 6) is 0. The Morgan fingerprint density at radius 2 is 1.41 bits per heavy atom. The van der Waals surface area contributed by atoms with Crippen LogP contribution in [0.15, 0.2) is 91.0 Å². The molecule has 4 aromatic carbocycles. The van der Waals surface area contributed by atoms with E-state index in [1.807, 2.05) is 0 Å². The van der Waals surface area contributed by atoms with Crippen molar-refractivity contribution in [2.24, 2.45) is 0 Å². The summed E-state index contributed by atoms with van der Waals surface area (Å²) in [5, 5.41) is 16.0. The molecule has 0 saturated heterocycles. The molecule has 1 aromatic heterocycles. The van der Waals surface area contributed by atoms with Gasteiger partial charge in [-0.25, -0.2) is 0 Å². The summed E-state index contributed by atoms with van der Waals surface area (Å²) >= 11 is 0. The van der Waals surface area contributed by atoms with E-state index in [4.69, 9.17) is 0 Å². The predicted molar refractivity (Wildman–Crippen MR) is 153 cm³/mol. The second kappa shape index (κ2) is 11.2. The van der Waals surface area contributed by atoms with E-state index in [2.05, 4.69) is 129 Å². The maximum absolute atomic E-state index is 11.3. The van der Waals surface area contributed by atoms with E-state index in [1.165, 1.54) is 44.3 Å². The van der Waals surface area contributed by atoms with E-state index in [-0.39, 0.29) is 12.4 Å². The molecule has 0 radical (unpaired) electrons. The summed E-state index contributed by atoms with van der Waals surface area (Å²) in [4.78, 5) is 0. The van der Waals surface area contributed by atoms with Gasteiger partial charge in [0.25, 0.3) is 0 Å². The number of hydrogen-bond acceptors (Lipinski definition) is 2. The Bertz CT molecular complexity index is 1510. The van der Waals surface area contributed by atoms with Crippen LogP contribution in [0.1, 0.15) is 22.3 Å². The van der Waals surface area contributed by atoms with Crippen LogP contribution in [0.3, 0.4) is 0 Å². The van der Waals surface area contributed by atoms with Crippen molar-refractivity contribution in [3.63, 3.8) is 0 Å². The van der Waals surface area contributed by atoms with Crippen molar-refractivity contribution in [1.29, 1.82) is 0 Å². The fourth-order valence-corrected chi connectivity index (χ4v) is 5.30. The van der Waals surface area contributed by atoms with Crippen LogP contribution in [0.5, 0.6) is 0 Å². The third-order valence-electron chi connectivity index (χ3n) is 7.13. The second-order valence-corrected chi connectivity index (χ2v) is 9.83. The van der Waals surface area contributed by atoms with Crippen molar-refractivity contribution in [3.8, 4) is 22.4 Å². The normalized spacial score (nSPS) is 11.8. The third kappa shape index (κ3) is 5.29. The Morgan fingerprint density at radius 3 is 2.08 bits per heavy atom. The van der Waals surface area contributed by atoms with Crippen molar-refractivity contribution < 1.29 is 17.5 Å². The summed E-state index contributed by atoms with van der Waals surface area (Å²) in [6.45, 7) is 9.54. The van der Waals surface area contributed by atoms with Crippen LogP contribution in [-0.2, 0) is 6.54 Å². The van der Waals surface area contributed by atoms with Crippen LogP contribution < -0.4 is 17.7 Å². The molecule has 4 heteroatoms. The van der Waals surface area contributed by atoms with Gasteiger partial charge in [-0.1, -0.05) is 84.4 Å². The Hall–Kier alpha value is -3.53. The van der Waals surface area contributed by atoms with Crippen molar-refractivity contribution in [2.75, 3.05) is 11.9 Å². The monoisotopic (exact) mass is 509 g/mol. The maximum atomic E-state index is 11.3. The molecule has 37 heavy (non-hydrogen) atoms. The van der Waals surface area contributed by atoms with E-state index in [0.29, 0.717) is 13.1 Å². The molecule has 0 spiro atoms. The fraction of sp³-hybridized carbons (Fsp3) is 0.212. The quantitative estimate of drug-likeness (QED) is 0.334. The van der Waals surface area contributed by atoms with E-state index >= 15 is 0 Å². The molecule has 1 heterocycles. The zero-order valence-corrected chi connectivity index (χ0v) is 22.7. The molecular weight excluding hydrogens is 476 g/mol. The topological polar surface area (TPSA) is 37.2 Å². The smallest absolute Gasteiger partial charge is 0.0891 e. The van der Waals surface area contributed by atoms with Crippen molar-refractivity contribution in [1.82, 2.24) is 4.57 Å². The molecule has 5 aromatic rings. The Balaban J connectivity index is 0.00000320. The first-order chi connectivity index (χ1) is 17.4. The van der Waals surface area contributed by atoms with Gasteiger partial charge in [0, 0.05) is 23.2 Å². The Kier molecular flexibility index (Phi) is 8.06. The molecule has 1 atom stereocenters. The van der Waals surface area contributed by atoms with Gasteiger partial charge < -0.3 is 27.4 Å². The molecule has 190 valence electrons. The van der Waals surface area contributed by atoms with Gasteiger partial charge in [-0.2, -0.15) is 0 Å². The maximum Gasteiger partial charge on any atom is 0.0891 e. The molecule has 0 unspecified atom stereocenters. The molecule has 0 bridgehead atoms. The third-order valence-corrected chi connectivity index (χ3v) is 7.13. The van der Waals surface area contributed by atoms with Crippen LogP contribution in [-0.4, -0.2) is 22.3 Å². The highest BCUT2D eigenvalue weighted by Crippen LogP contribution is 2.42. The Morgan fingerprint density at radius 1 is 0.757 bits per heavy atom. The van der Waals surface area contributed by atoms with E-state index in [9.17, 15) is 5.11 Å². The molecule has 5 rings (SSSR count). The summed E-state index contributed by atoms with van der Waals surface area (Å²) in [7, 11) is 0. The first-order valence-corrected chi connectivity index (χ1v) is 12.7. The molecule has 0 saturated carbocycles. The fourth-order valence-electron chi connectivity index (χ4n) is 5.30. The number of aryl methyl sites for hydroxylation is 3. The lowest BCUT2D eigenvalue weighted by Crippen LogP contribution is -3.00. The molecule has 0 aliphatic rings. The first-order valence-electron chi connectivity index (χ1n) is 12.7. The summed E-state index contributed by atoms with van der Waals surface area (Å²) in [6.07, 6.45) is -0.563. The van der Waals surface area contributed by atoms with Crippen LogP contribution in [0.25, 0.3) is 33.3 Å². The van der Waals surface area contributed by atoms with Crippen LogP contribution >= 0.6 is 0 Å². The average Bonchev–Trinajstić information content (AvgIpc) is 3.19. The highest BCUT2D eigenvalue weighted by atomic mass is 35.5. The number of halogens is 1. The molecule has 0 amide bonds. The summed E-state index contributed by atoms with van der Waals surface area (Å²) in [5.41, 5.74) is 11.9. The minimum absolute atomic E-state index is 0. The zero-order chi connectivity index (χ0) is 25.2. The molecule has 3 nitrogen and oxygen atoms in total. The van der Waals surface area contributed by atoms with E-state index in [0.717, 1.165) is 16.9 Å². The first kappa shape index (κ1) is 26.5. The summed E-state index contributed by atoms with van der Waals surface area (Å²) in [6, 6.07) is 32.0. The minimum atomic E-state index is -0.563. The molecule has 0 aliphatic carbocycles. The van der Waals surface area contributed by atoms with Crippen molar-refractivity contribution in [2.45, 2.75) is 40.3 Å². The van der Waals surface area contributed by atoms with Crippen LogP contribution in [0.2, 0.25) is 0 Å². The molecule has 0 fully saturated rings. The number of aromatic nitrogens is 1. The molecule has 2 N–H and O–H groups in total. The van der Waals surface area contributed by atoms with Gasteiger partial charge in [-0.3, -0.25) is 0 Å². The van der Waals surface area contributed by atoms with E-state index < -0.39 is 6.10 Å². The second-order valence-electron chi connectivity index (χ2n) is 9.83. The lowest BCUT2D eigenvalue weighted by atomic mass is 9.97. The molecule has 0 aliphatic heterocycles. The predicted octanol–water partition coefficient (Wildman–Crippen LogP) is 4.69. The highest BCUT2D eigenvalue weighted by Gasteiger charge is 2.23. The van der Waals surface area contributed by atoms with Crippen LogP contribution in [0.4, 0.5) is 5.69 Å². The number of anilines is 1. The van der Waals surface area contributed by atoms with Crippen molar-refractivity contribution >= 4 is 16.6 Å².